The SMILES string of the molecule is CN(CCOCCN)CC(=O)NCc1ccccc1.Cl. The molecule has 0 aliphatic carbocycles. The number of carbonyl (C=O) groups is 1. The molecule has 1 aromatic carbocycles. The van der Waals surface area contributed by atoms with Crippen LogP contribution < -0.4 is 11.1 Å². The predicted molar refractivity (Wildman–Crippen MR) is 82.9 cm³/mol. The van der Waals surface area contributed by atoms with Gasteiger partial charge >= 0.3 is 0 Å². The zero-order valence-electron chi connectivity index (χ0n) is 11.9. The lowest BCUT2D eigenvalue weighted by molar-refractivity contribution is -0.122. The van der Waals surface area contributed by atoms with Gasteiger partial charge in [-0.2, -0.15) is 0 Å². The first-order valence-electron chi connectivity index (χ1n) is 6.49. The van der Waals surface area contributed by atoms with Crippen molar-refractivity contribution in [2.75, 3.05) is 39.9 Å². The molecule has 1 rings (SSSR count). The van der Waals surface area contributed by atoms with E-state index in [9.17, 15) is 4.79 Å². The fourth-order valence-corrected chi connectivity index (χ4v) is 1.58. The van der Waals surface area contributed by atoms with E-state index in [0.29, 0.717) is 32.8 Å². The number of nitrogens with two attached hydrogens (primary N) is 1. The van der Waals surface area contributed by atoms with Gasteiger partial charge in [0.05, 0.1) is 19.8 Å². The maximum Gasteiger partial charge on any atom is 0.234 e. The van der Waals surface area contributed by atoms with Crippen LogP contribution in [0.25, 0.3) is 0 Å². The van der Waals surface area contributed by atoms with Crippen LogP contribution in [0.2, 0.25) is 0 Å². The molecule has 0 aliphatic rings. The average Bonchev–Trinajstić information content (AvgIpc) is 2.42. The summed E-state index contributed by atoms with van der Waals surface area (Å²) < 4.78 is 5.27. The molecule has 114 valence electrons. The Balaban J connectivity index is 0.00000361. The normalized spacial score (nSPS) is 10.2. The number of likely N-dealkylation sites (N-methyl/N-ethyl adjacent to an activating group) is 1. The number of amides is 1. The third kappa shape index (κ3) is 8.87. The van der Waals surface area contributed by atoms with E-state index in [0.717, 1.165) is 12.1 Å². The van der Waals surface area contributed by atoms with Gasteiger partial charge in [0.25, 0.3) is 0 Å². The summed E-state index contributed by atoms with van der Waals surface area (Å²) in [4.78, 5) is 13.6. The molecule has 0 saturated heterocycles. The molecule has 0 fully saturated rings. The highest BCUT2D eigenvalue weighted by atomic mass is 35.5. The molecule has 5 nitrogen and oxygen atoms in total. The minimum absolute atomic E-state index is 0. The summed E-state index contributed by atoms with van der Waals surface area (Å²) in [7, 11) is 1.90. The van der Waals surface area contributed by atoms with Gasteiger partial charge in [0.1, 0.15) is 0 Å². The third-order valence-electron chi connectivity index (χ3n) is 2.63. The van der Waals surface area contributed by atoms with Gasteiger partial charge < -0.3 is 15.8 Å². The summed E-state index contributed by atoms with van der Waals surface area (Å²) in [5.41, 5.74) is 6.42. The summed E-state index contributed by atoms with van der Waals surface area (Å²) in [6.07, 6.45) is 0. The maximum atomic E-state index is 11.7. The second kappa shape index (κ2) is 11.7. The second-order valence-electron chi connectivity index (χ2n) is 4.40. The zero-order valence-corrected chi connectivity index (χ0v) is 12.7. The molecular weight excluding hydrogens is 278 g/mol. The summed E-state index contributed by atoms with van der Waals surface area (Å²) in [6.45, 7) is 3.35. The van der Waals surface area contributed by atoms with E-state index in [1.807, 2.05) is 42.3 Å². The van der Waals surface area contributed by atoms with Gasteiger partial charge in [0.15, 0.2) is 0 Å². The van der Waals surface area contributed by atoms with E-state index in [4.69, 9.17) is 10.5 Å². The number of nitrogens with one attached hydrogen (secondary N) is 1. The van der Waals surface area contributed by atoms with Crippen molar-refractivity contribution in [3.63, 3.8) is 0 Å². The van der Waals surface area contributed by atoms with Crippen LogP contribution in [-0.2, 0) is 16.1 Å². The molecule has 0 saturated carbocycles. The number of rotatable bonds is 9. The van der Waals surface area contributed by atoms with Crippen LogP contribution in [0.3, 0.4) is 0 Å². The average molecular weight is 302 g/mol. The Morgan fingerprint density at radius 3 is 2.65 bits per heavy atom. The quantitative estimate of drug-likeness (QED) is 0.657. The van der Waals surface area contributed by atoms with E-state index in [2.05, 4.69) is 5.32 Å². The summed E-state index contributed by atoms with van der Waals surface area (Å²) in [5.74, 6) is 0.0187. The highest BCUT2D eigenvalue weighted by Gasteiger charge is 2.05. The topological polar surface area (TPSA) is 67.6 Å². The van der Waals surface area contributed by atoms with Crippen LogP contribution >= 0.6 is 12.4 Å². The van der Waals surface area contributed by atoms with Gasteiger partial charge in [0.2, 0.25) is 5.91 Å². The monoisotopic (exact) mass is 301 g/mol. The van der Waals surface area contributed by atoms with Crippen molar-refractivity contribution in [2.45, 2.75) is 6.54 Å². The van der Waals surface area contributed by atoms with Crippen molar-refractivity contribution in [1.29, 1.82) is 0 Å². The smallest absolute Gasteiger partial charge is 0.234 e. The fourth-order valence-electron chi connectivity index (χ4n) is 1.58. The Hall–Kier alpha value is -1.14. The largest absolute Gasteiger partial charge is 0.379 e. The van der Waals surface area contributed by atoms with Crippen molar-refractivity contribution in [2.24, 2.45) is 5.73 Å². The summed E-state index contributed by atoms with van der Waals surface area (Å²) in [6, 6.07) is 9.86. The lowest BCUT2D eigenvalue weighted by atomic mass is 10.2. The number of carbonyl (C=O) groups excluding carboxylic acids is 1. The molecule has 0 radical (unpaired) electrons. The van der Waals surface area contributed by atoms with Gasteiger partial charge in [-0.25, -0.2) is 0 Å². The number of hydrogen-bond donors (Lipinski definition) is 2. The maximum absolute atomic E-state index is 11.7. The van der Waals surface area contributed by atoms with Gasteiger partial charge in [-0.1, -0.05) is 30.3 Å². The molecule has 0 atom stereocenters. The molecule has 20 heavy (non-hydrogen) atoms. The first-order chi connectivity index (χ1) is 9.22. The Labute approximate surface area is 126 Å². The van der Waals surface area contributed by atoms with Gasteiger partial charge in [0, 0.05) is 19.6 Å². The van der Waals surface area contributed by atoms with Crippen molar-refractivity contribution >= 4 is 18.3 Å². The number of halogens is 1. The van der Waals surface area contributed by atoms with Crippen LogP contribution in [-0.4, -0.2) is 50.7 Å². The Bertz CT molecular complexity index is 363. The molecule has 6 heteroatoms. The van der Waals surface area contributed by atoms with Crippen molar-refractivity contribution < 1.29 is 9.53 Å². The molecule has 0 spiro atoms. The van der Waals surface area contributed by atoms with E-state index in [1.54, 1.807) is 0 Å². The Morgan fingerprint density at radius 1 is 1.30 bits per heavy atom. The van der Waals surface area contributed by atoms with Crippen LogP contribution in [0.5, 0.6) is 0 Å². The first-order valence-corrected chi connectivity index (χ1v) is 6.49. The van der Waals surface area contributed by atoms with E-state index in [-0.39, 0.29) is 18.3 Å². The van der Waals surface area contributed by atoms with Crippen LogP contribution in [0, 0.1) is 0 Å². The molecule has 0 unspecified atom stereocenters. The molecule has 1 amide bonds. The van der Waals surface area contributed by atoms with Crippen LogP contribution in [0.15, 0.2) is 30.3 Å². The van der Waals surface area contributed by atoms with E-state index < -0.39 is 0 Å². The number of ether oxygens (including phenoxy) is 1. The zero-order chi connectivity index (χ0) is 13.9. The molecule has 3 N–H and O–H groups in total. The number of nitrogens with zero attached hydrogens (tertiary/aromatic N) is 1. The highest BCUT2D eigenvalue weighted by Crippen LogP contribution is 1.97. The van der Waals surface area contributed by atoms with Gasteiger partial charge in [-0.3, -0.25) is 9.69 Å². The molecule has 0 aromatic heterocycles. The highest BCUT2D eigenvalue weighted by molar-refractivity contribution is 5.85. The van der Waals surface area contributed by atoms with E-state index >= 15 is 0 Å². The van der Waals surface area contributed by atoms with Gasteiger partial charge in [-0.15, -0.1) is 12.4 Å². The molecule has 0 heterocycles. The fraction of sp³-hybridized carbons (Fsp3) is 0.500. The lowest BCUT2D eigenvalue weighted by Gasteiger charge is -2.16. The first kappa shape index (κ1) is 18.9. The number of hydrogen-bond acceptors (Lipinski definition) is 4. The van der Waals surface area contributed by atoms with Crippen molar-refractivity contribution in [1.82, 2.24) is 10.2 Å². The summed E-state index contributed by atoms with van der Waals surface area (Å²) in [5, 5.41) is 2.89. The predicted octanol–water partition coefficient (Wildman–Crippen LogP) is 0.632. The Kier molecular flexibility index (Phi) is 11.0. The molecular formula is C14H24ClN3O2. The lowest BCUT2D eigenvalue weighted by Crippen LogP contribution is -2.36. The molecule has 1 aromatic rings. The number of benzene rings is 1. The van der Waals surface area contributed by atoms with E-state index in [1.165, 1.54) is 0 Å². The molecule has 0 bridgehead atoms. The third-order valence-corrected chi connectivity index (χ3v) is 2.63. The summed E-state index contributed by atoms with van der Waals surface area (Å²) >= 11 is 0. The minimum atomic E-state index is 0. The van der Waals surface area contributed by atoms with Crippen LogP contribution in [0.1, 0.15) is 5.56 Å². The van der Waals surface area contributed by atoms with Crippen LogP contribution in [0.4, 0.5) is 0 Å². The standard InChI is InChI=1S/C14H23N3O2.ClH/c1-17(8-10-19-9-7-15)12-14(18)16-11-13-5-3-2-4-6-13;/h2-6H,7-12,15H2,1H3,(H,16,18);1H. The molecule has 0 aliphatic heterocycles. The minimum Gasteiger partial charge on any atom is -0.379 e. The Morgan fingerprint density at radius 2 is 2.00 bits per heavy atom. The van der Waals surface area contributed by atoms with Gasteiger partial charge in [-0.05, 0) is 12.6 Å². The van der Waals surface area contributed by atoms with Crippen molar-refractivity contribution in [3.05, 3.63) is 35.9 Å². The van der Waals surface area contributed by atoms with Crippen molar-refractivity contribution in [3.8, 4) is 0 Å². The second-order valence-corrected chi connectivity index (χ2v) is 4.40.